The fraction of sp³-hybridized carbons (Fsp3) is 0.857. The molecule has 0 aliphatic carbocycles. The third-order valence-corrected chi connectivity index (χ3v) is 5.67. The van der Waals surface area contributed by atoms with Gasteiger partial charge < -0.3 is 15.3 Å². The van der Waals surface area contributed by atoms with Crippen molar-refractivity contribution < 1.29 is 24.9 Å². The molecule has 0 bridgehead atoms. The van der Waals surface area contributed by atoms with Crippen LogP contribution in [0.3, 0.4) is 0 Å². The predicted molar refractivity (Wildman–Crippen MR) is 87.8 cm³/mol. The second kappa shape index (κ2) is 9.58. The SMILES string of the molecule is CC(C)CCSC(C(=O)O)C(O)(SCCC(C)C)C(=O)O. The van der Waals surface area contributed by atoms with Gasteiger partial charge in [0.25, 0.3) is 0 Å². The first-order chi connectivity index (χ1) is 9.61. The van der Waals surface area contributed by atoms with Crippen molar-refractivity contribution in [2.45, 2.75) is 50.7 Å². The highest BCUT2D eigenvalue weighted by molar-refractivity contribution is 8.05. The molecule has 0 aromatic heterocycles. The number of aliphatic carboxylic acids is 2. The van der Waals surface area contributed by atoms with Crippen LogP contribution in [-0.4, -0.2) is 48.9 Å². The Morgan fingerprint density at radius 2 is 1.48 bits per heavy atom. The highest BCUT2D eigenvalue weighted by Crippen LogP contribution is 2.36. The van der Waals surface area contributed by atoms with E-state index >= 15 is 0 Å². The first-order valence-corrected chi connectivity index (χ1v) is 9.08. The van der Waals surface area contributed by atoms with Gasteiger partial charge in [0, 0.05) is 0 Å². The highest BCUT2D eigenvalue weighted by atomic mass is 32.2. The average molecular weight is 338 g/mol. The molecule has 0 saturated heterocycles. The number of hydrogen-bond acceptors (Lipinski definition) is 5. The summed E-state index contributed by atoms with van der Waals surface area (Å²) in [5.74, 6) is -1.08. The molecule has 0 spiro atoms. The molecule has 0 rings (SSSR count). The Hall–Kier alpha value is -0.400. The summed E-state index contributed by atoms with van der Waals surface area (Å²) >= 11 is 1.81. The number of carboxylic acid groups (broad SMARTS) is 2. The summed E-state index contributed by atoms with van der Waals surface area (Å²) in [6.07, 6.45) is 1.50. The number of rotatable bonds is 11. The zero-order valence-electron chi connectivity index (χ0n) is 13.0. The zero-order chi connectivity index (χ0) is 16.6. The monoisotopic (exact) mass is 338 g/mol. The van der Waals surface area contributed by atoms with Gasteiger partial charge in [-0.3, -0.25) is 4.79 Å². The molecule has 0 fully saturated rings. The molecule has 2 unspecified atom stereocenters. The van der Waals surface area contributed by atoms with E-state index in [0.717, 1.165) is 36.4 Å². The van der Waals surface area contributed by atoms with E-state index in [1.54, 1.807) is 0 Å². The fourth-order valence-electron chi connectivity index (χ4n) is 1.47. The van der Waals surface area contributed by atoms with Crippen LogP contribution in [0.5, 0.6) is 0 Å². The van der Waals surface area contributed by atoms with E-state index in [2.05, 4.69) is 0 Å². The summed E-state index contributed by atoms with van der Waals surface area (Å²) in [4.78, 5) is 20.5. The van der Waals surface area contributed by atoms with Crippen LogP contribution in [0, 0.1) is 11.8 Å². The molecule has 0 radical (unpaired) electrons. The first kappa shape index (κ1) is 20.6. The topological polar surface area (TPSA) is 94.8 Å². The minimum Gasteiger partial charge on any atom is -0.480 e. The minimum atomic E-state index is -2.29. The Kier molecular flexibility index (Phi) is 9.40. The molecular weight excluding hydrogens is 312 g/mol. The minimum absolute atomic E-state index is 0.368. The molecule has 0 aromatic carbocycles. The smallest absolute Gasteiger partial charge is 0.348 e. The summed E-state index contributed by atoms with van der Waals surface area (Å²) in [7, 11) is 0. The Labute approximate surface area is 134 Å². The molecule has 0 aromatic rings. The fourth-order valence-corrected chi connectivity index (χ4v) is 4.47. The van der Waals surface area contributed by atoms with Gasteiger partial charge in [-0.1, -0.05) is 27.7 Å². The third kappa shape index (κ3) is 7.42. The summed E-state index contributed by atoms with van der Waals surface area (Å²) in [5, 5.41) is 27.5. The number of thioether (sulfide) groups is 2. The standard InChI is InChI=1S/C14H26O5S2/c1-9(2)5-7-20-11(12(15)16)14(19,13(17)18)21-8-6-10(3)4/h9-11,19H,5-8H2,1-4H3,(H,15,16)(H,17,18). The van der Waals surface area contributed by atoms with Crippen LogP contribution in [0.2, 0.25) is 0 Å². The maximum absolute atomic E-state index is 11.4. The second-order valence-electron chi connectivity index (χ2n) is 5.80. The lowest BCUT2D eigenvalue weighted by Crippen LogP contribution is -2.49. The summed E-state index contributed by atoms with van der Waals surface area (Å²) < 4.78 is 0. The van der Waals surface area contributed by atoms with Crippen LogP contribution in [0.1, 0.15) is 40.5 Å². The van der Waals surface area contributed by atoms with Crippen molar-refractivity contribution in [1.29, 1.82) is 0 Å². The number of hydrogen-bond donors (Lipinski definition) is 3. The highest BCUT2D eigenvalue weighted by Gasteiger charge is 2.49. The van der Waals surface area contributed by atoms with Crippen LogP contribution in [0.4, 0.5) is 0 Å². The van der Waals surface area contributed by atoms with Crippen molar-refractivity contribution in [2.24, 2.45) is 11.8 Å². The Bertz CT molecular complexity index is 346. The van der Waals surface area contributed by atoms with Gasteiger partial charge >= 0.3 is 11.9 Å². The molecule has 0 aliphatic heterocycles. The van der Waals surface area contributed by atoms with Crippen LogP contribution < -0.4 is 0 Å². The lowest BCUT2D eigenvalue weighted by atomic mass is 10.2. The van der Waals surface area contributed by atoms with Gasteiger partial charge in [-0.2, -0.15) is 0 Å². The van der Waals surface area contributed by atoms with E-state index in [-0.39, 0.29) is 0 Å². The van der Waals surface area contributed by atoms with Gasteiger partial charge in [0.15, 0.2) is 5.25 Å². The molecule has 3 N–H and O–H groups in total. The average Bonchev–Trinajstić information content (AvgIpc) is 2.32. The van der Waals surface area contributed by atoms with E-state index in [4.69, 9.17) is 0 Å². The third-order valence-electron chi connectivity index (χ3n) is 2.88. The second-order valence-corrected chi connectivity index (χ2v) is 8.34. The Balaban J connectivity index is 4.88. The summed E-state index contributed by atoms with van der Waals surface area (Å²) in [6, 6.07) is 0. The molecule has 0 aliphatic rings. The quantitative estimate of drug-likeness (QED) is 0.499. The van der Waals surface area contributed by atoms with Gasteiger partial charge in [-0.15, -0.1) is 23.5 Å². The molecule has 5 nitrogen and oxygen atoms in total. The van der Waals surface area contributed by atoms with Gasteiger partial charge in [0.05, 0.1) is 0 Å². The van der Waals surface area contributed by atoms with E-state index in [1.807, 2.05) is 27.7 Å². The Morgan fingerprint density at radius 1 is 1.00 bits per heavy atom. The van der Waals surface area contributed by atoms with Crippen molar-refractivity contribution in [3.8, 4) is 0 Å². The number of carboxylic acids is 2. The van der Waals surface area contributed by atoms with Gasteiger partial charge in [0.2, 0.25) is 4.93 Å². The molecule has 0 amide bonds. The Morgan fingerprint density at radius 3 is 1.86 bits per heavy atom. The van der Waals surface area contributed by atoms with Crippen molar-refractivity contribution in [3.63, 3.8) is 0 Å². The molecule has 124 valence electrons. The molecular formula is C14H26O5S2. The molecule has 2 atom stereocenters. The lowest BCUT2D eigenvalue weighted by Gasteiger charge is -2.29. The van der Waals surface area contributed by atoms with E-state index in [9.17, 15) is 24.9 Å². The van der Waals surface area contributed by atoms with Crippen molar-refractivity contribution in [2.75, 3.05) is 11.5 Å². The van der Waals surface area contributed by atoms with Crippen LogP contribution in [-0.2, 0) is 9.59 Å². The molecule has 0 saturated carbocycles. The van der Waals surface area contributed by atoms with Crippen molar-refractivity contribution >= 4 is 35.5 Å². The zero-order valence-corrected chi connectivity index (χ0v) is 14.7. The van der Waals surface area contributed by atoms with Gasteiger partial charge in [-0.25, -0.2) is 4.79 Å². The summed E-state index contributed by atoms with van der Waals surface area (Å²) in [6.45, 7) is 8.01. The van der Waals surface area contributed by atoms with Gasteiger partial charge in [-0.05, 0) is 36.2 Å². The van der Waals surface area contributed by atoms with E-state index < -0.39 is 22.1 Å². The van der Waals surface area contributed by atoms with Crippen LogP contribution >= 0.6 is 23.5 Å². The molecule has 21 heavy (non-hydrogen) atoms. The number of aliphatic hydroxyl groups is 1. The van der Waals surface area contributed by atoms with Crippen molar-refractivity contribution in [3.05, 3.63) is 0 Å². The van der Waals surface area contributed by atoms with Crippen LogP contribution in [0.15, 0.2) is 0 Å². The molecule has 7 heteroatoms. The van der Waals surface area contributed by atoms with Crippen LogP contribution in [0.25, 0.3) is 0 Å². The lowest BCUT2D eigenvalue weighted by molar-refractivity contribution is -0.155. The summed E-state index contributed by atoms with van der Waals surface area (Å²) in [5.41, 5.74) is 0. The normalized spacial score (nSPS) is 16.0. The predicted octanol–water partition coefficient (Wildman–Crippen LogP) is 2.77. The van der Waals surface area contributed by atoms with Crippen molar-refractivity contribution in [1.82, 2.24) is 0 Å². The molecule has 0 heterocycles. The number of carbonyl (C=O) groups is 2. The largest absolute Gasteiger partial charge is 0.480 e. The van der Waals surface area contributed by atoms with E-state index in [0.29, 0.717) is 23.3 Å². The maximum atomic E-state index is 11.4. The maximum Gasteiger partial charge on any atom is 0.348 e. The first-order valence-electron chi connectivity index (χ1n) is 7.05. The van der Waals surface area contributed by atoms with Gasteiger partial charge in [0.1, 0.15) is 0 Å². The van der Waals surface area contributed by atoms with E-state index in [1.165, 1.54) is 0 Å².